The highest BCUT2D eigenvalue weighted by molar-refractivity contribution is 7.99. The number of rotatable bonds is 11. The number of carbonyl (C=O) groups is 2. The number of aliphatic hydroxyl groups is 1. The number of thioether (sulfide) groups is 1. The molecular weight excluding hydrogens is 502 g/mol. The average Bonchev–Trinajstić information content (AvgIpc) is 2.93. The van der Waals surface area contributed by atoms with Crippen LogP contribution in [-0.2, 0) is 25.7 Å². The van der Waals surface area contributed by atoms with Gasteiger partial charge in [0, 0.05) is 40.7 Å². The Bertz CT molecular complexity index is 1200. The molecule has 3 aromatic carbocycles. The van der Waals surface area contributed by atoms with E-state index < -0.39 is 12.3 Å². The Kier molecular flexibility index (Phi) is 9.95. The number of hydrogen-bond donors (Lipinski definition) is 3. The Hall–Kier alpha value is -3.17. The largest absolute Gasteiger partial charge is 0.481 e. The molecule has 4 rings (SSSR count). The zero-order chi connectivity index (χ0) is 26.9. The second-order valence-corrected chi connectivity index (χ2v) is 10.5. The number of nitrogens with one attached hydrogen (secondary N) is 1. The summed E-state index contributed by atoms with van der Waals surface area (Å²) < 4.78 is 13.0. The van der Waals surface area contributed by atoms with Crippen molar-refractivity contribution >= 4 is 29.3 Å². The minimum Gasteiger partial charge on any atom is -0.481 e. The SMILES string of the molecule is C[C@@H]1[C@H](CSc2ccccc2)O[C@H](c2cccc(NC(=O)CCCC(=O)O)c2)O[C@@H]1c1ccc(CO)cc1. The number of aliphatic hydroxyl groups excluding tert-OH is 1. The first-order chi connectivity index (χ1) is 18.4. The number of carboxylic acid groups (broad SMARTS) is 1. The van der Waals surface area contributed by atoms with Gasteiger partial charge in [-0.3, -0.25) is 9.59 Å². The topological polar surface area (TPSA) is 105 Å². The molecule has 7 nitrogen and oxygen atoms in total. The molecule has 38 heavy (non-hydrogen) atoms. The number of carbonyl (C=O) groups excluding carboxylic acids is 1. The van der Waals surface area contributed by atoms with E-state index in [-0.39, 0.29) is 49.9 Å². The van der Waals surface area contributed by atoms with Crippen LogP contribution in [0.3, 0.4) is 0 Å². The first-order valence-electron chi connectivity index (χ1n) is 12.7. The van der Waals surface area contributed by atoms with Crippen molar-refractivity contribution in [1.29, 1.82) is 0 Å². The van der Waals surface area contributed by atoms with E-state index in [4.69, 9.17) is 14.6 Å². The summed E-state index contributed by atoms with van der Waals surface area (Å²) in [5.74, 6) is -0.335. The summed E-state index contributed by atoms with van der Waals surface area (Å²) in [6.45, 7) is 2.11. The highest BCUT2D eigenvalue weighted by Crippen LogP contribution is 2.43. The van der Waals surface area contributed by atoms with E-state index in [1.807, 2.05) is 60.7 Å². The molecule has 1 fully saturated rings. The summed E-state index contributed by atoms with van der Waals surface area (Å²) in [6, 6.07) is 25.4. The quantitative estimate of drug-likeness (QED) is 0.260. The molecule has 0 saturated carbocycles. The Balaban J connectivity index is 1.52. The van der Waals surface area contributed by atoms with Gasteiger partial charge < -0.3 is 25.0 Å². The molecule has 200 valence electrons. The molecule has 4 atom stereocenters. The maximum absolute atomic E-state index is 12.3. The summed E-state index contributed by atoms with van der Waals surface area (Å²) in [5.41, 5.74) is 3.24. The number of benzene rings is 3. The van der Waals surface area contributed by atoms with Crippen LogP contribution in [0.25, 0.3) is 0 Å². The normalized spacial score (nSPS) is 21.1. The maximum atomic E-state index is 12.3. The van der Waals surface area contributed by atoms with Crippen molar-refractivity contribution in [1.82, 2.24) is 0 Å². The van der Waals surface area contributed by atoms with Gasteiger partial charge in [0.25, 0.3) is 0 Å². The summed E-state index contributed by atoms with van der Waals surface area (Å²) in [5, 5.41) is 21.1. The molecule has 3 N–H and O–H groups in total. The Morgan fingerprint density at radius 3 is 2.39 bits per heavy atom. The summed E-state index contributed by atoms with van der Waals surface area (Å²) in [4.78, 5) is 24.2. The minimum absolute atomic E-state index is 0.0156. The van der Waals surface area contributed by atoms with Gasteiger partial charge in [0.2, 0.25) is 5.91 Å². The second-order valence-electron chi connectivity index (χ2n) is 9.37. The van der Waals surface area contributed by atoms with E-state index in [9.17, 15) is 14.7 Å². The zero-order valence-electron chi connectivity index (χ0n) is 21.3. The molecule has 1 amide bonds. The Morgan fingerprint density at radius 2 is 1.68 bits per heavy atom. The van der Waals surface area contributed by atoms with Crippen molar-refractivity contribution in [3.8, 4) is 0 Å². The number of carboxylic acids is 1. The summed E-state index contributed by atoms with van der Waals surface area (Å²) in [7, 11) is 0. The first-order valence-corrected chi connectivity index (χ1v) is 13.7. The third-order valence-electron chi connectivity index (χ3n) is 6.52. The van der Waals surface area contributed by atoms with E-state index in [0.717, 1.165) is 22.4 Å². The lowest BCUT2D eigenvalue weighted by Gasteiger charge is -2.41. The highest BCUT2D eigenvalue weighted by Gasteiger charge is 2.38. The standard InChI is InChI=1S/C30H33NO6S/c1-20-26(19-38-25-9-3-2-4-10-25)36-30(37-29(20)22-15-13-21(18-32)14-16-22)23-7-5-8-24(17-23)31-27(33)11-6-12-28(34)35/h2-5,7-10,13-17,20,26,29-30,32H,6,11-12,18-19H2,1H3,(H,31,33)(H,34,35)/t20-,26+,29+,30+/m1/s1. The van der Waals surface area contributed by atoms with Gasteiger partial charge >= 0.3 is 5.97 Å². The molecule has 1 heterocycles. The molecule has 0 aromatic heterocycles. The maximum Gasteiger partial charge on any atom is 0.303 e. The van der Waals surface area contributed by atoms with Gasteiger partial charge in [0.1, 0.15) is 0 Å². The molecule has 0 unspecified atom stereocenters. The molecule has 3 aromatic rings. The first kappa shape index (κ1) is 27.9. The third-order valence-corrected chi connectivity index (χ3v) is 7.62. The van der Waals surface area contributed by atoms with Crippen LogP contribution in [0.1, 0.15) is 55.3 Å². The van der Waals surface area contributed by atoms with Crippen LogP contribution in [0.4, 0.5) is 5.69 Å². The van der Waals surface area contributed by atoms with Gasteiger partial charge in [0.15, 0.2) is 6.29 Å². The fraction of sp³-hybridized carbons (Fsp3) is 0.333. The van der Waals surface area contributed by atoms with Crippen molar-refractivity contribution in [2.45, 2.75) is 56.2 Å². The smallest absolute Gasteiger partial charge is 0.303 e. The molecular formula is C30H33NO6S. The highest BCUT2D eigenvalue weighted by atomic mass is 32.2. The van der Waals surface area contributed by atoms with Gasteiger partial charge in [-0.2, -0.15) is 0 Å². The van der Waals surface area contributed by atoms with Crippen molar-refractivity contribution in [3.05, 3.63) is 95.6 Å². The van der Waals surface area contributed by atoms with Crippen LogP contribution < -0.4 is 5.32 Å². The molecule has 0 bridgehead atoms. The van der Waals surface area contributed by atoms with Crippen LogP contribution in [0.15, 0.2) is 83.8 Å². The molecule has 1 aliphatic heterocycles. The molecule has 1 aliphatic rings. The second kappa shape index (κ2) is 13.6. The van der Waals surface area contributed by atoms with E-state index in [0.29, 0.717) is 5.69 Å². The predicted molar refractivity (Wildman–Crippen MR) is 147 cm³/mol. The van der Waals surface area contributed by atoms with Crippen LogP contribution in [0, 0.1) is 5.92 Å². The molecule has 0 radical (unpaired) electrons. The van der Waals surface area contributed by atoms with Gasteiger partial charge in [-0.15, -0.1) is 11.8 Å². The number of aliphatic carboxylic acids is 1. The van der Waals surface area contributed by atoms with E-state index in [2.05, 4.69) is 24.4 Å². The number of amides is 1. The number of hydrogen-bond acceptors (Lipinski definition) is 6. The minimum atomic E-state index is -0.916. The van der Waals surface area contributed by atoms with Crippen molar-refractivity contribution in [3.63, 3.8) is 0 Å². The number of ether oxygens (including phenoxy) is 2. The molecule has 1 saturated heterocycles. The Labute approximate surface area is 227 Å². The lowest BCUT2D eigenvalue weighted by atomic mass is 9.91. The Morgan fingerprint density at radius 1 is 0.921 bits per heavy atom. The third kappa shape index (κ3) is 7.68. The zero-order valence-corrected chi connectivity index (χ0v) is 22.1. The predicted octanol–water partition coefficient (Wildman–Crippen LogP) is 5.96. The fourth-order valence-electron chi connectivity index (χ4n) is 4.39. The van der Waals surface area contributed by atoms with E-state index in [1.54, 1.807) is 17.8 Å². The molecule has 0 aliphatic carbocycles. The van der Waals surface area contributed by atoms with Crippen molar-refractivity contribution in [2.75, 3.05) is 11.1 Å². The molecule has 8 heteroatoms. The van der Waals surface area contributed by atoms with Crippen molar-refractivity contribution in [2.24, 2.45) is 5.92 Å². The van der Waals surface area contributed by atoms with E-state index >= 15 is 0 Å². The van der Waals surface area contributed by atoms with E-state index in [1.165, 1.54) is 4.90 Å². The average molecular weight is 536 g/mol. The lowest BCUT2D eigenvalue weighted by molar-refractivity contribution is -0.268. The van der Waals surface area contributed by atoms with Gasteiger partial charge in [-0.25, -0.2) is 0 Å². The van der Waals surface area contributed by atoms with Crippen LogP contribution in [0.2, 0.25) is 0 Å². The van der Waals surface area contributed by atoms with Crippen LogP contribution in [-0.4, -0.2) is 33.9 Å². The van der Waals surface area contributed by atoms with Gasteiger partial charge in [-0.1, -0.05) is 61.5 Å². The lowest BCUT2D eigenvalue weighted by Crippen LogP contribution is -2.38. The van der Waals surface area contributed by atoms with Gasteiger partial charge in [0.05, 0.1) is 18.8 Å². The fourth-order valence-corrected chi connectivity index (χ4v) is 5.48. The van der Waals surface area contributed by atoms with Crippen LogP contribution >= 0.6 is 11.8 Å². The summed E-state index contributed by atoms with van der Waals surface area (Å²) >= 11 is 1.74. The summed E-state index contributed by atoms with van der Waals surface area (Å²) in [6.07, 6.45) is -0.592. The molecule has 0 spiro atoms. The van der Waals surface area contributed by atoms with Gasteiger partial charge in [-0.05, 0) is 41.8 Å². The van der Waals surface area contributed by atoms with Crippen LogP contribution in [0.5, 0.6) is 0 Å². The monoisotopic (exact) mass is 535 g/mol. The number of anilines is 1. The van der Waals surface area contributed by atoms with Crippen molar-refractivity contribution < 1.29 is 29.3 Å².